The lowest BCUT2D eigenvalue weighted by Gasteiger charge is -2.29. The third-order valence-corrected chi connectivity index (χ3v) is 3.63. The van der Waals surface area contributed by atoms with Crippen LogP contribution in [-0.2, 0) is 9.59 Å². The molecule has 0 spiro atoms. The Labute approximate surface area is 115 Å². The van der Waals surface area contributed by atoms with E-state index in [-0.39, 0.29) is 30.9 Å². The summed E-state index contributed by atoms with van der Waals surface area (Å²) in [5, 5.41) is 21.2. The predicted octanol–water partition coefficient (Wildman–Crippen LogP) is 1.65. The number of hydrogen-bond donors (Lipinski definition) is 3. The van der Waals surface area contributed by atoms with Gasteiger partial charge in [0.05, 0.1) is 18.1 Å². The van der Waals surface area contributed by atoms with Crippen LogP contribution in [-0.4, -0.2) is 34.7 Å². The molecule has 5 nitrogen and oxygen atoms in total. The first-order valence-corrected chi connectivity index (χ1v) is 6.77. The molecule has 19 heavy (non-hydrogen) atoms. The highest BCUT2D eigenvalue weighted by Gasteiger charge is 2.39. The molecular formula is C14H27NO4. The normalized spacial score (nSPS) is 16.2. The van der Waals surface area contributed by atoms with Crippen LogP contribution in [0.5, 0.6) is 0 Å². The van der Waals surface area contributed by atoms with Gasteiger partial charge in [-0.3, -0.25) is 9.59 Å². The maximum absolute atomic E-state index is 11.9. The zero-order chi connectivity index (χ0) is 15.2. The fourth-order valence-electron chi connectivity index (χ4n) is 1.89. The number of aliphatic hydroxyl groups excluding tert-OH is 1. The number of hydrogen-bond acceptors (Lipinski definition) is 3. The van der Waals surface area contributed by atoms with E-state index in [1.54, 1.807) is 20.8 Å². The zero-order valence-corrected chi connectivity index (χ0v) is 12.6. The van der Waals surface area contributed by atoms with Crippen molar-refractivity contribution in [1.82, 2.24) is 5.32 Å². The molecule has 0 aliphatic rings. The molecule has 0 aromatic heterocycles. The van der Waals surface area contributed by atoms with Gasteiger partial charge in [0.25, 0.3) is 0 Å². The summed E-state index contributed by atoms with van der Waals surface area (Å²) in [6, 6.07) is -0.308. The second-order valence-corrected chi connectivity index (χ2v) is 6.13. The summed E-state index contributed by atoms with van der Waals surface area (Å²) in [6.07, 6.45) is 0.600. The maximum Gasteiger partial charge on any atom is 0.310 e. The molecule has 0 rings (SSSR count). The third-order valence-electron chi connectivity index (χ3n) is 3.63. The molecule has 0 aromatic carbocycles. The first-order chi connectivity index (χ1) is 8.63. The van der Waals surface area contributed by atoms with E-state index in [2.05, 4.69) is 5.32 Å². The second kappa shape index (κ2) is 7.48. The van der Waals surface area contributed by atoms with Gasteiger partial charge in [0.15, 0.2) is 0 Å². The summed E-state index contributed by atoms with van der Waals surface area (Å²) in [5.74, 6) is -1.08. The Morgan fingerprint density at radius 1 is 1.21 bits per heavy atom. The van der Waals surface area contributed by atoms with Crippen molar-refractivity contribution >= 4 is 11.9 Å². The molecule has 0 saturated heterocycles. The molecule has 0 fully saturated rings. The SMILES string of the molecule is CC(C)CC(CO)NC(=O)CC(C)(C(=O)O)C(C)C. The van der Waals surface area contributed by atoms with Gasteiger partial charge in [-0.05, 0) is 25.2 Å². The standard InChI is InChI=1S/C14H27NO4/c1-9(2)6-11(8-16)15-12(17)7-14(5,10(3)4)13(18)19/h9-11,16H,6-8H2,1-5H3,(H,15,17)(H,18,19). The lowest BCUT2D eigenvalue weighted by molar-refractivity contribution is -0.153. The van der Waals surface area contributed by atoms with Crippen LogP contribution in [0.3, 0.4) is 0 Å². The fourth-order valence-corrected chi connectivity index (χ4v) is 1.89. The quantitative estimate of drug-likeness (QED) is 0.627. The van der Waals surface area contributed by atoms with E-state index < -0.39 is 11.4 Å². The Morgan fingerprint density at radius 3 is 2.05 bits per heavy atom. The summed E-state index contributed by atoms with van der Waals surface area (Å²) in [6.45, 7) is 9.04. The third kappa shape index (κ3) is 5.59. The molecule has 3 N–H and O–H groups in total. The van der Waals surface area contributed by atoms with E-state index in [1.807, 2.05) is 13.8 Å². The average Bonchev–Trinajstić information content (AvgIpc) is 2.26. The van der Waals surface area contributed by atoms with Gasteiger partial charge in [-0.25, -0.2) is 0 Å². The van der Waals surface area contributed by atoms with E-state index in [0.29, 0.717) is 12.3 Å². The number of carbonyl (C=O) groups is 2. The van der Waals surface area contributed by atoms with E-state index in [9.17, 15) is 19.8 Å². The molecule has 0 saturated carbocycles. The molecule has 0 heterocycles. The van der Waals surface area contributed by atoms with Crippen molar-refractivity contribution in [3.63, 3.8) is 0 Å². The van der Waals surface area contributed by atoms with Gasteiger partial charge >= 0.3 is 5.97 Å². The summed E-state index contributed by atoms with van der Waals surface area (Å²) in [5.41, 5.74) is -1.08. The van der Waals surface area contributed by atoms with Crippen LogP contribution in [0, 0.1) is 17.3 Å². The van der Waals surface area contributed by atoms with Crippen LogP contribution < -0.4 is 5.32 Å². The summed E-state index contributed by atoms with van der Waals surface area (Å²) >= 11 is 0. The van der Waals surface area contributed by atoms with Crippen molar-refractivity contribution in [3.05, 3.63) is 0 Å². The smallest absolute Gasteiger partial charge is 0.310 e. The number of carboxylic acids is 1. The summed E-state index contributed by atoms with van der Waals surface area (Å²) < 4.78 is 0. The molecule has 112 valence electrons. The minimum absolute atomic E-state index is 0.0748. The maximum atomic E-state index is 11.9. The van der Waals surface area contributed by atoms with Gasteiger partial charge in [0.2, 0.25) is 5.91 Å². The molecule has 2 atom stereocenters. The lowest BCUT2D eigenvalue weighted by atomic mass is 9.76. The Bertz CT molecular complexity index is 315. The van der Waals surface area contributed by atoms with Gasteiger partial charge in [-0.15, -0.1) is 0 Å². The number of aliphatic hydroxyl groups is 1. The van der Waals surface area contributed by atoms with Gasteiger partial charge in [0, 0.05) is 6.42 Å². The van der Waals surface area contributed by atoms with Crippen molar-refractivity contribution in [2.24, 2.45) is 17.3 Å². The van der Waals surface area contributed by atoms with Crippen LogP contribution >= 0.6 is 0 Å². The van der Waals surface area contributed by atoms with Crippen molar-refractivity contribution < 1.29 is 19.8 Å². The predicted molar refractivity (Wildman–Crippen MR) is 73.7 cm³/mol. The molecule has 2 unspecified atom stereocenters. The van der Waals surface area contributed by atoms with Crippen LogP contribution in [0.15, 0.2) is 0 Å². The van der Waals surface area contributed by atoms with Gasteiger partial charge < -0.3 is 15.5 Å². The molecule has 0 radical (unpaired) electrons. The van der Waals surface area contributed by atoms with Crippen molar-refractivity contribution in [1.29, 1.82) is 0 Å². The number of carboxylic acid groups (broad SMARTS) is 1. The average molecular weight is 273 g/mol. The molecule has 0 aliphatic carbocycles. The van der Waals surface area contributed by atoms with Crippen LogP contribution in [0.1, 0.15) is 47.5 Å². The molecule has 0 aromatic rings. The molecule has 0 aliphatic heterocycles. The Hall–Kier alpha value is -1.10. The Morgan fingerprint density at radius 2 is 1.74 bits per heavy atom. The highest BCUT2D eigenvalue weighted by atomic mass is 16.4. The molecular weight excluding hydrogens is 246 g/mol. The van der Waals surface area contributed by atoms with Crippen molar-refractivity contribution in [3.8, 4) is 0 Å². The van der Waals surface area contributed by atoms with Gasteiger partial charge in [-0.1, -0.05) is 27.7 Å². The molecule has 1 amide bonds. The first kappa shape index (κ1) is 17.9. The Balaban J connectivity index is 4.62. The molecule has 5 heteroatoms. The number of rotatable bonds is 8. The van der Waals surface area contributed by atoms with E-state index in [4.69, 9.17) is 0 Å². The lowest BCUT2D eigenvalue weighted by Crippen LogP contribution is -2.43. The highest BCUT2D eigenvalue weighted by molar-refractivity contribution is 5.85. The fraction of sp³-hybridized carbons (Fsp3) is 0.857. The highest BCUT2D eigenvalue weighted by Crippen LogP contribution is 2.31. The minimum Gasteiger partial charge on any atom is -0.481 e. The number of aliphatic carboxylic acids is 1. The minimum atomic E-state index is -1.08. The van der Waals surface area contributed by atoms with Crippen LogP contribution in [0.25, 0.3) is 0 Å². The molecule has 0 bridgehead atoms. The first-order valence-electron chi connectivity index (χ1n) is 6.77. The van der Waals surface area contributed by atoms with Gasteiger partial charge in [0.1, 0.15) is 0 Å². The van der Waals surface area contributed by atoms with E-state index in [1.165, 1.54) is 0 Å². The largest absolute Gasteiger partial charge is 0.481 e. The number of carbonyl (C=O) groups excluding carboxylic acids is 1. The second-order valence-electron chi connectivity index (χ2n) is 6.13. The zero-order valence-electron chi connectivity index (χ0n) is 12.6. The Kier molecular flexibility index (Phi) is 7.05. The van der Waals surface area contributed by atoms with E-state index >= 15 is 0 Å². The van der Waals surface area contributed by atoms with Crippen molar-refractivity contribution in [2.45, 2.75) is 53.5 Å². The topological polar surface area (TPSA) is 86.6 Å². The summed E-state index contributed by atoms with van der Waals surface area (Å²) in [4.78, 5) is 23.2. The van der Waals surface area contributed by atoms with Gasteiger partial charge in [-0.2, -0.15) is 0 Å². The van der Waals surface area contributed by atoms with E-state index in [0.717, 1.165) is 0 Å². The monoisotopic (exact) mass is 273 g/mol. The van der Waals surface area contributed by atoms with Crippen LogP contribution in [0.2, 0.25) is 0 Å². The summed E-state index contributed by atoms with van der Waals surface area (Å²) in [7, 11) is 0. The number of amides is 1. The van der Waals surface area contributed by atoms with Crippen LogP contribution in [0.4, 0.5) is 0 Å². The van der Waals surface area contributed by atoms with Crippen molar-refractivity contribution in [2.75, 3.05) is 6.61 Å². The number of nitrogens with one attached hydrogen (secondary N) is 1.